The molecule has 1 heterocycles. The SMILES string of the molecule is CCNC(=NCC1(c2ccccc2)CC1)NCCN1CCS(=O)(=O)CC1. The highest BCUT2D eigenvalue weighted by atomic mass is 32.2. The number of aliphatic imine (C=N–C) groups is 1. The van der Waals surface area contributed by atoms with Gasteiger partial charge in [-0.2, -0.15) is 0 Å². The Balaban J connectivity index is 1.49. The Hall–Kier alpha value is -1.60. The van der Waals surface area contributed by atoms with Gasteiger partial charge in [0, 0.05) is 38.1 Å². The van der Waals surface area contributed by atoms with E-state index in [1.165, 1.54) is 18.4 Å². The van der Waals surface area contributed by atoms with Crippen LogP contribution < -0.4 is 10.6 Å². The van der Waals surface area contributed by atoms with E-state index < -0.39 is 9.84 Å². The maximum Gasteiger partial charge on any atom is 0.191 e. The smallest absolute Gasteiger partial charge is 0.191 e. The second kappa shape index (κ2) is 8.39. The summed E-state index contributed by atoms with van der Waals surface area (Å²) in [5.74, 6) is 1.40. The lowest BCUT2D eigenvalue weighted by Crippen LogP contribution is -2.46. The fourth-order valence-electron chi connectivity index (χ4n) is 3.36. The fourth-order valence-corrected chi connectivity index (χ4v) is 4.64. The largest absolute Gasteiger partial charge is 0.357 e. The van der Waals surface area contributed by atoms with Gasteiger partial charge in [0.2, 0.25) is 0 Å². The normalized spacial score (nSPS) is 22.0. The standard InChI is InChI=1S/C19H30N4O2S/c1-2-20-18(21-10-11-23-12-14-26(24,25)15-13-23)22-16-19(8-9-19)17-6-4-3-5-7-17/h3-7H,2,8-16H2,1H3,(H2,20,21,22). The average Bonchev–Trinajstić information content (AvgIpc) is 3.43. The second-order valence-corrected chi connectivity index (χ2v) is 9.57. The molecule has 0 amide bonds. The third-order valence-electron chi connectivity index (χ3n) is 5.28. The van der Waals surface area contributed by atoms with E-state index in [0.717, 1.165) is 32.1 Å². The molecule has 1 aromatic carbocycles. The van der Waals surface area contributed by atoms with Crippen molar-refractivity contribution in [1.29, 1.82) is 0 Å². The van der Waals surface area contributed by atoms with Crippen LogP contribution >= 0.6 is 0 Å². The topological polar surface area (TPSA) is 73.8 Å². The molecule has 0 aromatic heterocycles. The van der Waals surface area contributed by atoms with E-state index in [-0.39, 0.29) is 16.9 Å². The molecule has 0 bridgehead atoms. The lowest BCUT2D eigenvalue weighted by Gasteiger charge is -2.26. The molecule has 1 aliphatic heterocycles. The van der Waals surface area contributed by atoms with Crippen molar-refractivity contribution in [3.8, 4) is 0 Å². The Bertz CT molecular complexity index is 700. The van der Waals surface area contributed by atoms with Crippen LogP contribution in [0.15, 0.2) is 35.3 Å². The summed E-state index contributed by atoms with van der Waals surface area (Å²) in [6.45, 7) is 6.56. The molecule has 1 saturated carbocycles. The summed E-state index contributed by atoms with van der Waals surface area (Å²) in [5, 5.41) is 6.70. The Morgan fingerprint density at radius 2 is 1.85 bits per heavy atom. The predicted octanol–water partition coefficient (Wildman–Crippen LogP) is 1.00. The average molecular weight is 379 g/mol. The lowest BCUT2D eigenvalue weighted by molar-refractivity contribution is 0.299. The molecule has 0 atom stereocenters. The van der Waals surface area contributed by atoms with Gasteiger partial charge in [-0.1, -0.05) is 30.3 Å². The van der Waals surface area contributed by atoms with Crippen molar-refractivity contribution >= 4 is 15.8 Å². The van der Waals surface area contributed by atoms with Gasteiger partial charge >= 0.3 is 0 Å². The Morgan fingerprint density at radius 1 is 1.15 bits per heavy atom. The minimum Gasteiger partial charge on any atom is -0.357 e. The highest BCUT2D eigenvalue weighted by Crippen LogP contribution is 2.48. The molecule has 2 fully saturated rings. The van der Waals surface area contributed by atoms with E-state index >= 15 is 0 Å². The summed E-state index contributed by atoms with van der Waals surface area (Å²) in [4.78, 5) is 7.01. The van der Waals surface area contributed by atoms with Gasteiger partial charge in [0.05, 0.1) is 18.1 Å². The van der Waals surface area contributed by atoms with Crippen molar-refractivity contribution in [1.82, 2.24) is 15.5 Å². The number of rotatable bonds is 7. The van der Waals surface area contributed by atoms with Crippen molar-refractivity contribution in [3.05, 3.63) is 35.9 Å². The van der Waals surface area contributed by atoms with E-state index in [1.54, 1.807) is 0 Å². The fraction of sp³-hybridized carbons (Fsp3) is 0.632. The molecule has 144 valence electrons. The number of hydrogen-bond donors (Lipinski definition) is 2. The van der Waals surface area contributed by atoms with Gasteiger partial charge in [0.15, 0.2) is 15.8 Å². The molecule has 7 heteroatoms. The van der Waals surface area contributed by atoms with Crippen molar-refractivity contribution in [2.45, 2.75) is 25.2 Å². The zero-order valence-corrected chi connectivity index (χ0v) is 16.4. The summed E-state index contributed by atoms with van der Waals surface area (Å²) >= 11 is 0. The molecule has 1 saturated heterocycles. The first kappa shape index (κ1) is 19.2. The highest BCUT2D eigenvalue weighted by molar-refractivity contribution is 7.91. The highest BCUT2D eigenvalue weighted by Gasteiger charge is 2.43. The zero-order chi connectivity index (χ0) is 18.5. The summed E-state index contributed by atoms with van der Waals surface area (Å²) in [6, 6.07) is 10.7. The molecule has 0 unspecified atom stereocenters. The van der Waals surface area contributed by atoms with Gasteiger partial charge in [-0.15, -0.1) is 0 Å². The molecule has 1 aromatic rings. The monoisotopic (exact) mass is 378 g/mol. The van der Waals surface area contributed by atoms with Crippen LogP contribution in [-0.4, -0.2) is 70.1 Å². The van der Waals surface area contributed by atoms with Gasteiger partial charge in [-0.3, -0.25) is 9.89 Å². The number of nitrogens with zero attached hydrogens (tertiary/aromatic N) is 2. The molecular formula is C19H30N4O2S. The van der Waals surface area contributed by atoms with E-state index in [0.29, 0.717) is 13.1 Å². The van der Waals surface area contributed by atoms with E-state index in [2.05, 4.69) is 52.8 Å². The minimum atomic E-state index is -2.81. The maximum absolute atomic E-state index is 11.5. The number of benzene rings is 1. The first-order chi connectivity index (χ1) is 12.5. The molecule has 0 spiro atoms. The molecule has 3 rings (SSSR count). The number of nitrogens with one attached hydrogen (secondary N) is 2. The summed E-state index contributed by atoms with van der Waals surface area (Å²) in [6.07, 6.45) is 2.39. The van der Waals surface area contributed by atoms with E-state index in [4.69, 9.17) is 4.99 Å². The zero-order valence-electron chi connectivity index (χ0n) is 15.6. The van der Waals surface area contributed by atoms with Gasteiger partial charge in [0.25, 0.3) is 0 Å². The molecule has 0 radical (unpaired) electrons. The van der Waals surface area contributed by atoms with Crippen LogP contribution in [-0.2, 0) is 15.3 Å². The van der Waals surface area contributed by atoms with Crippen molar-refractivity contribution in [2.75, 3.05) is 50.8 Å². The van der Waals surface area contributed by atoms with Crippen LogP contribution in [0.1, 0.15) is 25.3 Å². The Kier molecular flexibility index (Phi) is 6.19. The summed E-state index contributed by atoms with van der Waals surface area (Å²) in [5.41, 5.74) is 1.60. The Morgan fingerprint density at radius 3 is 2.46 bits per heavy atom. The minimum absolute atomic E-state index is 0.213. The van der Waals surface area contributed by atoms with Gasteiger partial charge < -0.3 is 10.6 Å². The quantitative estimate of drug-likeness (QED) is 0.547. The van der Waals surface area contributed by atoms with Crippen LogP contribution in [0.4, 0.5) is 0 Å². The summed E-state index contributed by atoms with van der Waals surface area (Å²) in [7, 11) is -2.81. The van der Waals surface area contributed by atoms with E-state index in [9.17, 15) is 8.42 Å². The van der Waals surface area contributed by atoms with Crippen LogP contribution in [0, 0.1) is 0 Å². The lowest BCUT2D eigenvalue weighted by atomic mass is 9.96. The van der Waals surface area contributed by atoms with Gasteiger partial charge in [-0.05, 0) is 25.3 Å². The Labute approximate surface area is 157 Å². The van der Waals surface area contributed by atoms with Crippen molar-refractivity contribution in [3.63, 3.8) is 0 Å². The summed E-state index contributed by atoms with van der Waals surface area (Å²) < 4.78 is 23.0. The van der Waals surface area contributed by atoms with Crippen LogP contribution in [0.3, 0.4) is 0 Å². The molecule has 26 heavy (non-hydrogen) atoms. The van der Waals surface area contributed by atoms with Crippen LogP contribution in [0.25, 0.3) is 0 Å². The molecule has 2 aliphatic rings. The number of sulfone groups is 1. The van der Waals surface area contributed by atoms with E-state index in [1.807, 2.05) is 0 Å². The van der Waals surface area contributed by atoms with Gasteiger partial charge in [-0.25, -0.2) is 8.42 Å². The maximum atomic E-state index is 11.5. The third kappa shape index (κ3) is 5.20. The molecule has 2 N–H and O–H groups in total. The second-order valence-electron chi connectivity index (χ2n) is 7.26. The predicted molar refractivity (Wildman–Crippen MR) is 106 cm³/mol. The van der Waals surface area contributed by atoms with Crippen molar-refractivity contribution in [2.24, 2.45) is 4.99 Å². The first-order valence-electron chi connectivity index (χ1n) is 9.53. The number of hydrogen-bond acceptors (Lipinski definition) is 4. The molecular weight excluding hydrogens is 348 g/mol. The van der Waals surface area contributed by atoms with Gasteiger partial charge in [0.1, 0.15) is 0 Å². The molecule has 1 aliphatic carbocycles. The van der Waals surface area contributed by atoms with Crippen LogP contribution in [0.5, 0.6) is 0 Å². The first-order valence-corrected chi connectivity index (χ1v) is 11.4. The molecule has 6 nitrogen and oxygen atoms in total. The van der Waals surface area contributed by atoms with Crippen LogP contribution in [0.2, 0.25) is 0 Å². The third-order valence-corrected chi connectivity index (χ3v) is 6.89. The van der Waals surface area contributed by atoms with Crippen molar-refractivity contribution < 1.29 is 8.42 Å². The number of guanidine groups is 1.